The fraction of sp³-hybridized carbons (Fsp3) is 0.647. The van der Waals surface area contributed by atoms with Gasteiger partial charge >= 0.3 is 0 Å². The standard InChI is InChI=1S/C17H28N2O3S.ClH/c1-12(2)15-9-17(13(3)8-16(15)22-5)23(20,21)19-7-6-14(11-19)10-18-4;/h8-9,12,14,18H,6-7,10-11H2,1-5H3;1H. The molecule has 7 heteroatoms. The highest BCUT2D eigenvalue weighted by Crippen LogP contribution is 2.34. The number of hydrogen-bond donors (Lipinski definition) is 1. The van der Waals surface area contributed by atoms with E-state index in [4.69, 9.17) is 4.74 Å². The van der Waals surface area contributed by atoms with Crippen molar-refractivity contribution in [2.45, 2.75) is 38.0 Å². The van der Waals surface area contributed by atoms with E-state index in [1.807, 2.05) is 33.9 Å². The second-order valence-electron chi connectivity index (χ2n) is 6.59. The summed E-state index contributed by atoms with van der Waals surface area (Å²) in [5.41, 5.74) is 1.67. The van der Waals surface area contributed by atoms with Gasteiger partial charge in [-0.15, -0.1) is 12.4 Å². The Hall–Kier alpha value is -0.820. The van der Waals surface area contributed by atoms with Gasteiger partial charge in [0.15, 0.2) is 0 Å². The molecule has 0 spiro atoms. The van der Waals surface area contributed by atoms with E-state index in [0.717, 1.165) is 29.8 Å². The van der Waals surface area contributed by atoms with Gasteiger partial charge in [-0.25, -0.2) is 8.42 Å². The average molecular weight is 377 g/mol. The number of halogens is 1. The molecule has 1 aromatic carbocycles. The summed E-state index contributed by atoms with van der Waals surface area (Å²) in [4.78, 5) is 0.409. The molecular weight excluding hydrogens is 348 g/mol. The zero-order valence-electron chi connectivity index (χ0n) is 15.1. The van der Waals surface area contributed by atoms with Gasteiger partial charge in [-0.05, 0) is 62.0 Å². The molecule has 1 fully saturated rings. The molecule has 1 aromatic rings. The van der Waals surface area contributed by atoms with Gasteiger partial charge in [0.1, 0.15) is 5.75 Å². The van der Waals surface area contributed by atoms with Crippen LogP contribution in [-0.4, -0.2) is 46.5 Å². The molecule has 0 radical (unpaired) electrons. The van der Waals surface area contributed by atoms with Gasteiger partial charge in [0.05, 0.1) is 12.0 Å². The summed E-state index contributed by atoms with van der Waals surface area (Å²) in [7, 11) is 0.0735. The summed E-state index contributed by atoms with van der Waals surface area (Å²) in [6, 6.07) is 3.63. The fourth-order valence-electron chi connectivity index (χ4n) is 3.19. The molecule has 1 aliphatic rings. The Kier molecular flexibility index (Phi) is 7.53. The SMILES string of the molecule is CNCC1CCN(S(=O)(=O)c2cc(C(C)C)c(OC)cc2C)C1.Cl. The highest BCUT2D eigenvalue weighted by Gasteiger charge is 2.33. The maximum atomic E-state index is 13.0. The summed E-state index contributed by atoms with van der Waals surface area (Å²) < 4.78 is 33.1. The van der Waals surface area contributed by atoms with Crippen molar-refractivity contribution >= 4 is 22.4 Å². The van der Waals surface area contributed by atoms with E-state index >= 15 is 0 Å². The molecule has 5 nitrogen and oxygen atoms in total. The largest absolute Gasteiger partial charge is 0.496 e. The average Bonchev–Trinajstić information content (AvgIpc) is 2.96. The van der Waals surface area contributed by atoms with E-state index in [9.17, 15) is 8.42 Å². The molecule has 1 N–H and O–H groups in total. The van der Waals surface area contributed by atoms with E-state index in [-0.39, 0.29) is 18.3 Å². The highest BCUT2D eigenvalue weighted by atomic mass is 35.5. The van der Waals surface area contributed by atoms with Crippen molar-refractivity contribution in [3.05, 3.63) is 23.3 Å². The van der Waals surface area contributed by atoms with Gasteiger partial charge in [0.25, 0.3) is 0 Å². The predicted molar refractivity (Wildman–Crippen MR) is 99.9 cm³/mol. The van der Waals surface area contributed by atoms with Gasteiger partial charge in [0, 0.05) is 13.1 Å². The number of aryl methyl sites for hydroxylation is 1. The van der Waals surface area contributed by atoms with Crippen molar-refractivity contribution in [2.75, 3.05) is 33.8 Å². The van der Waals surface area contributed by atoms with Gasteiger partial charge in [-0.1, -0.05) is 13.8 Å². The third-order valence-electron chi connectivity index (χ3n) is 4.51. The lowest BCUT2D eigenvalue weighted by Crippen LogP contribution is -2.31. The first kappa shape index (κ1) is 21.2. The minimum Gasteiger partial charge on any atom is -0.496 e. The van der Waals surface area contributed by atoms with Gasteiger partial charge in [0.2, 0.25) is 10.0 Å². The Morgan fingerprint density at radius 3 is 2.58 bits per heavy atom. The van der Waals surface area contributed by atoms with E-state index in [1.54, 1.807) is 17.5 Å². The van der Waals surface area contributed by atoms with Crippen molar-refractivity contribution in [1.29, 1.82) is 0 Å². The topological polar surface area (TPSA) is 58.6 Å². The van der Waals surface area contributed by atoms with Crippen LogP contribution in [0, 0.1) is 12.8 Å². The Balaban J connectivity index is 0.00000288. The fourth-order valence-corrected chi connectivity index (χ4v) is 4.97. The van der Waals surface area contributed by atoms with E-state index < -0.39 is 10.0 Å². The maximum Gasteiger partial charge on any atom is 0.243 e. The quantitative estimate of drug-likeness (QED) is 0.829. The summed E-state index contributed by atoms with van der Waals surface area (Å²) in [5.74, 6) is 1.35. The minimum atomic E-state index is -3.45. The lowest BCUT2D eigenvalue weighted by atomic mass is 10.0. The number of nitrogens with zero attached hydrogens (tertiary/aromatic N) is 1. The van der Waals surface area contributed by atoms with Crippen LogP contribution in [0.1, 0.15) is 37.3 Å². The lowest BCUT2D eigenvalue weighted by molar-refractivity contribution is 0.406. The third-order valence-corrected chi connectivity index (χ3v) is 6.52. The second-order valence-corrected chi connectivity index (χ2v) is 8.50. The number of sulfonamides is 1. The Morgan fingerprint density at radius 2 is 2.04 bits per heavy atom. The van der Waals surface area contributed by atoms with Crippen LogP contribution in [0.15, 0.2) is 17.0 Å². The molecule has 1 heterocycles. The van der Waals surface area contributed by atoms with Crippen molar-refractivity contribution in [3.63, 3.8) is 0 Å². The van der Waals surface area contributed by atoms with Gasteiger partial charge in [-0.3, -0.25) is 0 Å². The summed E-state index contributed by atoms with van der Waals surface area (Å²) in [6.45, 7) is 7.96. The molecule has 0 amide bonds. The van der Waals surface area contributed by atoms with Crippen LogP contribution in [-0.2, 0) is 10.0 Å². The molecule has 0 aliphatic carbocycles. The second kappa shape index (κ2) is 8.52. The van der Waals surface area contributed by atoms with E-state index in [0.29, 0.717) is 23.9 Å². The van der Waals surface area contributed by atoms with Crippen molar-refractivity contribution in [1.82, 2.24) is 9.62 Å². The number of methoxy groups -OCH3 is 1. The molecular formula is C17H29ClN2O3S. The van der Waals surface area contributed by atoms with Crippen LogP contribution in [0.4, 0.5) is 0 Å². The van der Waals surface area contributed by atoms with Crippen LogP contribution < -0.4 is 10.1 Å². The number of hydrogen-bond acceptors (Lipinski definition) is 4. The van der Waals surface area contributed by atoms with E-state index in [2.05, 4.69) is 5.32 Å². The Bertz CT molecular complexity index is 662. The van der Waals surface area contributed by atoms with Crippen LogP contribution in [0.3, 0.4) is 0 Å². The molecule has 138 valence electrons. The molecule has 1 atom stereocenters. The normalized spacial score (nSPS) is 18.7. The molecule has 24 heavy (non-hydrogen) atoms. The van der Waals surface area contributed by atoms with Crippen LogP contribution in [0.5, 0.6) is 5.75 Å². The Labute approximate surface area is 152 Å². The first-order valence-corrected chi connectivity index (χ1v) is 9.58. The minimum absolute atomic E-state index is 0. The number of nitrogens with one attached hydrogen (secondary N) is 1. The first-order valence-electron chi connectivity index (χ1n) is 8.14. The zero-order chi connectivity index (χ0) is 17.2. The molecule has 2 rings (SSSR count). The number of benzene rings is 1. The van der Waals surface area contributed by atoms with Crippen molar-refractivity contribution in [2.24, 2.45) is 5.92 Å². The van der Waals surface area contributed by atoms with Crippen molar-refractivity contribution in [3.8, 4) is 5.75 Å². The molecule has 1 saturated heterocycles. The third kappa shape index (κ3) is 4.23. The molecule has 0 saturated carbocycles. The van der Waals surface area contributed by atoms with Crippen molar-refractivity contribution < 1.29 is 13.2 Å². The van der Waals surface area contributed by atoms with Crippen LogP contribution >= 0.6 is 12.4 Å². The first-order chi connectivity index (χ1) is 10.8. The lowest BCUT2D eigenvalue weighted by Gasteiger charge is -2.21. The highest BCUT2D eigenvalue weighted by molar-refractivity contribution is 7.89. The molecule has 1 aliphatic heterocycles. The van der Waals surface area contributed by atoms with Crippen LogP contribution in [0.25, 0.3) is 0 Å². The monoisotopic (exact) mass is 376 g/mol. The van der Waals surface area contributed by atoms with E-state index in [1.165, 1.54) is 0 Å². The molecule has 0 aromatic heterocycles. The number of ether oxygens (including phenoxy) is 1. The zero-order valence-corrected chi connectivity index (χ0v) is 16.8. The summed E-state index contributed by atoms with van der Waals surface area (Å²) in [6.07, 6.45) is 0.909. The molecule has 0 bridgehead atoms. The Morgan fingerprint density at radius 1 is 1.38 bits per heavy atom. The molecule has 1 unspecified atom stereocenters. The van der Waals surface area contributed by atoms with Gasteiger partial charge < -0.3 is 10.1 Å². The maximum absolute atomic E-state index is 13.0. The van der Waals surface area contributed by atoms with Gasteiger partial charge in [-0.2, -0.15) is 4.31 Å². The summed E-state index contributed by atoms with van der Waals surface area (Å²) >= 11 is 0. The number of rotatable bonds is 6. The summed E-state index contributed by atoms with van der Waals surface area (Å²) in [5, 5.41) is 3.13. The predicted octanol–water partition coefficient (Wildman–Crippen LogP) is 2.78. The smallest absolute Gasteiger partial charge is 0.243 e. The van der Waals surface area contributed by atoms with Crippen LogP contribution in [0.2, 0.25) is 0 Å².